The van der Waals surface area contributed by atoms with Crippen molar-refractivity contribution in [1.29, 1.82) is 0 Å². The summed E-state index contributed by atoms with van der Waals surface area (Å²) in [5.74, 6) is 0.338. The van der Waals surface area contributed by atoms with Gasteiger partial charge in [-0.05, 0) is 37.3 Å². The monoisotopic (exact) mass is 457 g/mol. The van der Waals surface area contributed by atoms with Crippen LogP contribution >= 0.6 is 27.7 Å². The maximum Gasteiger partial charge on any atom is 0.348 e. The molecule has 2 N–H and O–H groups in total. The maximum absolute atomic E-state index is 12.5. The lowest BCUT2D eigenvalue weighted by molar-refractivity contribution is 0.432. The fraction of sp³-hybridized carbons (Fsp3) is 0.143. The number of thioether (sulfide) groups is 1. The number of para-hydroxylation sites is 1. The molecule has 1 aliphatic heterocycles. The number of hydrogen-bond acceptors (Lipinski definition) is 6. The van der Waals surface area contributed by atoms with Crippen molar-refractivity contribution in [1.82, 2.24) is 0 Å². The third-order valence-electron chi connectivity index (χ3n) is 4.45. The second kappa shape index (κ2) is 7.48. The molecule has 0 saturated carbocycles. The molecule has 0 radical (unpaired) electrons. The standard InChI is InChI=1S/C21H16BrNO4S/c1-11-8-17(25)20(21(26)27-11)15-10-19(13-9-12(22)6-7-16(13)24)28-18-5-3-2-4-14(18)23-15/h2-9,19,24-25H,10H2,1H3/t19-/m0/s1. The first-order valence-corrected chi connectivity index (χ1v) is 10.3. The molecule has 1 aromatic heterocycles. The Morgan fingerprint density at radius 3 is 2.71 bits per heavy atom. The molecule has 0 amide bonds. The van der Waals surface area contributed by atoms with Gasteiger partial charge in [0.25, 0.3) is 0 Å². The minimum atomic E-state index is -0.627. The Morgan fingerprint density at radius 1 is 1.14 bits per heavy atom. The van der Waals surface area contributed by atoms with Crippen molar-refractivity contribution in [3.63, 3.8) is 0 Å². The Bertz CT molecular complexity index is 1160. The predicted octanol–water partition coefficient (Wildman–Crippen LogP) is 5.48. The van der Waals surface area contributed by atoms with Crippen molar-refractivity contribution in [2.75, 3.05) is 0 Å². The molecular formula is C21H16BrNO4S. The SMILES string of the molecule is Cc1cc(O)c(C2=Nc3ccccc3S[C@H](c3cc(Br)ccc3O)C2)c(=O)o1. The van der Waals surface area contributed by atoms with E-state index in [2.05, 4.69) is 20.9 Å². The fourth-order valence-corrected chi connectivity index (χ4v) is 4.82. The summed E-state index contributed by atoms with van der Waals surface area (Å²) in [6, 6.07) is 14.3. The molecule has 5 nitrogen and oxygen atoms in total. The summed E-state index contributed by atoms with van der Waals surface area (Å²) < 4.78 is 6.04. The first-order chi connectivity index (χ1) is 13.4. The lowest BCUT2D eigenvalue weighted by Crippen LogP contribution is -2.17. The van der Waals surface area contributed by atoms with Gasteiger partial charge in [0.1, 0.15) is 22.8 Å². The molecule has 142 valence electrons. The van der Waals surface area contributed by atoms with Gasteiger partial charge >= 0.3 is 5.63 Å². The van der Waals surface area contributed by atoms with Crippen LogP contribution in [0, 0.1) is 6.92 Å². The van der Waals surface area contributed by atoms with E-state index in [1.165, 1.54) is 6.07 Å². The van der Waals surface area contributed by atoms with E-state index in [4.69, 9.17) is 4.42 Å². The highest BCUT2D eigenvalue weighted by atomic mass is 79.9. The Kier molecular flexibility index (Phi) is 5.03. The molecule has 1 aliphatic rings. The molecule has 0 unspecified atom stereocenters. The molecule has 7 heteroatoms. The molecular weight excluding hydrogens is 442 g/mol. The van der Waals surface area contributed by atoms with E-state index >= 15 is 0 Å². The average Bonchev–Trinajstić information content (AvgIpc) is 2.82. The van der Waals surface area contributed by atoms with Gasteiger partial charge in [-0.1, -0.05) is 28.1 Å². The minimum Gasteiger partial charge on any atom is -0.508 e. The number of phenols is 1. The van der Waals surface area contributed by atoms with Crippen LogP contribution in [0.2, 0.25) is 0 Å². The van der Waals surface area contributed by atoms with Crippen LogP contribution in [0.1, 0.15) is 28.6 Å². The molecule has 28 heavy (non-hydrogen) atoms. The van der Waals surface area contributed by atoms with Crippen LogP contribution in [-0.2, 0) is 0 Å². The van der Waals surface area contributed by atoms with Crippen molar-refractivity contribution in [2.45, 2.75) is 23.5 Å². The van der Waals surface area contributed by atoms with Crippen molar-refractivity contribution in [2.24, 2.45) is 4.99 Å². The Balaban J connectivity index is 1.90. The number of aliphatic imine (C=N–C) groups is 1. The number of hydrogen-bond donors (Lipinski definition) is 2. The summed E-state index contributed by atoms with van der Waals surface area (Å²) in [4.78, 5) is 18.1. The second-order valence-corrected chi connectivity index (χ2v) is 8.60. The zero-order valence-corrected chi connectivity index (χ0v) is 17.3. The molecule has 2 aromatic carbocycles. The van der Waals surface area contributed by atoms with Gasteiger partial charge in [0.15, 0.2) is 0 Å². The van der Waals surface area contributed by atoms with Gasteiger partial charge in [0.2, 0.25) is 0 Å². The van der Waals surface area contributed by atoms with Crippen LogP contribution in [-0.4, -0.2) is 15.9 Å². The third-order valence-corrected chi connectivity index (χ3v) is 6.25. The van der Waals surface area contributed by atoms with Gasteiger partial charge in [0, 0.05) is 32.7 Å². The zero-order valence-electron chi connectivity index (χ0n) is 14.8. The number of nitrogens with zero attached hydrogens (tertiary/aromatic N) is 1. The highest BCUT2D eigenvalue weighted by molar-refractivity contribution is 9.10. The summed E-state index contributed by atoms with van der Waals surface area (Å²) in [6.45, 7) is 1.60. The van der Waals surface area contributed by atoms with Crippen LogP contribution in [0.15, 0.2) is 72.1 Å². The van der Waals surface area contributed by atoms with Crippen molar-refractivity contribution in [3.8, 4) is 11.5 Å². The summed E-state index contributed by atoms with van der Waals surface area (Å²) in [5.41, 5.74) is 1.28. The topological polar surface area (TPSA) is 83.0 Å². The highest BCUT2D eigenvalue weighted by Gasteiger charge is 2.27. The van der Waals surface area contributed by atoms with Gasteiger partial charge in [-0.2, -0.15) is 0 Å². The predicted molar refractivity (Wildman–Crippen MR) is 113 cm³/mol. The van der Waals surface area contributed by atoms with E-state index < -0.39 is 5.63 Å². The zero-order chi connectivity index (χ0) is 19.8. The maximum atomic E-state index is 12.5. The third kappa shape index (κ3) is 3.59. The molecule has 0 saturated heterocycles. The summed E-state index contributed by atoms with van der Waals surface area (Å²) in [7, 11) is 0. The van der Waals surface area contributed by atoms with Gasteiger partial charge in [-0.3, -0.25) is 4.99 Å². The number of halogens is 1. The quantitative estimate of drug-likeness (QED) is 0.532. The molecule has 3 aromatic rings. The average molecular weight is 458 g/mol. The van der Waals surface area contributed by atoms with Gasteiger partial charge in [-0.15, -0.1) is 11.8 Å². The smallest absolute Gasteiger partial charge is 0.348 e. The molecule has 4 rings (SSSR count). The molecule has 0 spiro atoms. The van der Waals surface area contributed by atoms with Gasteiger partial charge in [-0.25, -0.2) is 4.79 Å². The van der Waals surface area contributed by atoms with Gasteiger partial charge in [0.05, 0.1) is 11.4 Å². The molecule has 0 fully saturated rings. The number of fused-ring (bicyclic) bond motifs is 1. The summed E-state index contributed by atoms with van der Waals surface area (Å²) >= 11 is 5.01. The van der Waals surface area contributed by atoms with Crippen LogP contribution in [0.25, 0.3) is 0 Å². The van der Waals surface area contributed by atoms with Gasteiger partial charge < -0.3 is 14.6 Å². The van der Waals surface area contributed by atoms with E-state index in [-0.39, 0.29) is 22.3 Å². The fourth-order valence-electron chi connectivity index (χ4n) is 3.19. The molecule has 1 atom stereocenters. The molecule has 2 heterocycles. The number of aryl methyl sites for hydroxylation is 1. The Labute approximate surface area is 173 Å². The number of benzene rings is 2. The second-order valence-electron chi connectivity index (χ2n) is 6.44. The number of rotatable bonds is 2. The molecule has 0 bridgehead atoms. The van der Waals surface area contributed by atoms with E-state index in [1.807, 2.05) is 30.3 Å². The van der Waals surface area contributed by atoms with E-state index in [9.17, 15) is 15.0 Å². The first-order valence-electron chi connectivity index (χ1n) is 8.58. The Hall–Kier alpha value is -2.51. The van der Waals surface area contributed by atoms with Crippen molar-refractivity contribution in [3.05, 3.63) is 80.3 Å². The Morgan fingerprint density at radius 2 is 1.93 bits per heavy atom. The highest BCUT2D eigenvalue weighted by Crippen LogP contribution is 2.48. The lowest BCUT2D eigenvalue weighted by atomic mass is 10.0. The van der Waals surface area contributed by atoms with Crippen molar-refractivity contribution >= 4 is 39.1 Å². The van der Waals surface area contributed by atoms with Crippen LogP contribution in [0.4, 0.5) is 5.69 Å². The van der Waals surface area contributed by atoms with Crippen LogP contribution < -0.4 is 5.63 Å². The largest absolute Gasteiger partial charge is 0.508 e. The van der Waals surface area contributed by atoms with E-state index in [0.717, 1.165) is 14.9 Å². The van der Waals surface area contributed by atoms with E-state index in [1.54, 1.807) is 30.8 Å². The van der Waals surface area contributed by atoms with Crippen LogP contribution in [0.3, 0.4) is 0 Å². The minimum absolute atomic E-state index is 0.0578. The molecule has 0 aliphatic carbocycles. The van der Waals surface area contributed by atoms with Crippen molar-refractivity contribution < 1.29 is 14.6 Å². The summed E-state index contributed by atoms with van der Waals surface area (Å²) in [6.07, 6.45) is 0.338. The lowest BCUT2D eigenvalue weighted by Gasteiger charge is -2.17. The van der Waals surface area contributed by atoms with Crippen LogP contribution in [0.5, 0.6) is 11.5 Å². The first kappa shape index (κ1) is 18.8. The van der Waals surface area contributed by atoms with E-state index in [0.29, 0.717) is 23.6 Å². The summed E-state index contributed by atoms with van der Waals surface area (Å²) in [5, 5.41) is 20.6. The number of phenolic OH excluding ortho intramolecular Hbond substituents is 1. The number of aromatic hydroxyl groups is 2. The normalized spacial score (nSPS) is 16.2.